The summed E-state index contributed by atoms with van der Waals surface area (Å²) in [5.41, 5.74) is -0.608. The summed E-state index contributed by atoms with van der Waals surface area (Å²) < 4.78 is 0. The van der Waals surface area contributed by atoms with E-state index in [0.29, 0.717) is 10.6 Å². The first-order valence-electron chi connectivity index (χ1n) is 4.99. The Morgan fingerprint density at radius 2 is 2.24 bits per heavy atom. The number of benzene rings is 1. The second kappa shape index (κ2) is 5.66. The Morgan fingerprint density at radius 1 is 1.59 bits per heavy atom. The van der Waals surface area contributed by atoms with Crippen molar-refractivity contribution >= 4 is 17.4 Å². The molecule has 0 heterocycles. The Bertz CT molecular complexity index is 458. The summed E-state index contributed by atoms with van der Waals surface area (Å²) in [5, 5.41) is 22.7. The van der Waals surface area contributed by atoms with Gasteiger partial charge in [0.05, 0.1) is 15.9 Å². The first kappa shape index (κ1) is 13.5. The van der Waals surface area contributed by atoms with Gasteiger partial charge in [-0.3, -0.25) is 10.1 Å². The number of rotatable bonds is 5. The molecular weight excluding hydrogens is 238 g/mol. The lowest BCUT2D eigenvalue weighted by Gasteiger charge is -2.19. The average molecular weight is 251 g/mol. The van der Waals surface area contributed by atoms with Gasteiger partial charge < -0.3 is 5.32 Å². The summed E-state index contributed by atoms with van der Waals surface area (Å²) >= 11 is 1.30. The number of nitrogens with one attached hydrogen (secondary N) is 1. The molecule has 0 saturated carbocycles. The maximum absolute atomic E-state index is 10.8. The van der Waals surface area contributed by atoms with Gasteiger partial charge in [-0.15, -0.1) is 11.8 Å². The van der Waals surface area contributed by atoms with E-state index in [0.717, 1.165) is 0 Å². The third-order valence-corrected chi connectivity index (χ3v) is 3.75. The fourth-order valence-electron chi connectivity index (χ4n) is 1.11. The Hall–Kier alpha value is -1.58. The lowest BCUT2D eigenvalue weighted by atomic mass is 10.1. The number of thioether (sulfide) groups is 1. The van der Waals surface area contributed by atoms with Crippen LogP contribution in [0.25, 0.3) is 0 Å². The zero-order chi connectivity index (χ0) is 12.9. The Balaban J connectivity index is 2.83. The normalized spacial score (nSPS) is 13.7. The highest BCUT2D eigenvalue weighted by atomic mass is 32.2. The minimum Gasteiger partial charge on any atom is -0.302 e. The van der Waals surface area contributed by atoms with Crippen molar-refractivity contribution in [3.8, 4) is 6.07 Å². The van der Waals surface area contributed by atoms with Crippen molar-refractivity contribution < 1.29 is 4.92 Å². The number of hydrogen-bond acceptors (Lipinski definition) is 5. The molecule has 1 aromatic carbocycles. The van der Waals surface area contributed by atoms with Gasteiger partial charge in [-0.1, -0.05) is 12.1 Å². The number of nitro benzene ring substituents is 1. The monoisotopic (exact) mass is 251 g/mol. The van der Waals surface area contributed by atoms with Crippen molar-refractivity contribution in [2.45, 2.75) is 17.4 Å². The van der Waals surface area contributed by atoms with Gasteiger partial charge in [0.15, 0.2) is 0 Å². The summed E-state index contributed by atoms with van der Waals surface area (Å²) in [6.07, 6.45) is 0. The molecule has 0 spiro atoms. The summed E-state index contributed by atoms with van der Waals surface area (Å²) in [5.74, 6) is 0.449. The summed E-state index contributed by atoms with van der Waals surface area (Å²) in [6.45, 7) is 1.76. The molecule has 1 atom stereocenters. The van der Waals surface area contributed by atoms with Gasteiger partial charge in [0, 0.05) is 11.8 Å². The SMILES string of the molecule is CNC(C)(C#N)CSc1ccccc1[N+](=O)[O-]. The van der Waals surface area contributed by atoms with Crippen LogP contribution in [0.3, 0.4) is 0 Å². The minimum absolute atomic E-state index is 0.0777. The molecule has 6 heteroatoms. The number of nitriles is 1. The summed E-state index contributed by atoms with van der Waals surface area (Å²) in [6, 6.07) is 8.68. The number of hydrogen-bond donors (Lipinski definition) is 1. The molecule has 0 aromatic heterocycles. The van der Waals surface area contributed by atoms with E-state index in [-0.39, 0.29) is 5.69 Å². The van der Waals surface area contributed by atoms with Crippen LogP contribution in [0.15, 0.2) is 29.2 Å². The molecule has 1 aromatic rings. The van der Waals surface area contributed by atoms with Crippen molar-refractivity contribution in [3.05, 3.63) is 34.4 Å². The zero-order valence-electron chi connectivity index (χ0n) is 9.64. The molecular formula is C11H13N3O2S. The molecule has 0 radical (unpaired) electrons. The molecule has 17 heavy (non-hydrogen) atoms. The molecule has 1 N–H and O–H groups in total. The molecule has 0 fully saturated rings. The van der Waals surface area contributed by atoms with Gasteiger partial charge in [-0.05, 0) is 20.0 Å². The quantitative estimate of drug-likeness (QED) is 0.493. The van der Waals surface area contributed by atoms with Crippen LogP contribution < -0.4 is 5.32 Å². The fourth-order valence-corrected chi connectivity index (χ4v) is 2.23. The van der Waals surface area contributed by atoms with Gasteiger partial charge in [0.1, 0.15) is 5.54 Å². The molecule has 90 valence electrons. The highest BCUT2D eigenvalue weighted by molar-refractivity contribution is 7.99. The second-order valence-electron chi connectivity index (χ2n) is 3.71. The van der Waals surface area contributed by atoms with E-state index in [1.807, 2.05) is 0 Å². The first-order chi connectivity index (χ1) is 8.02. The number of nitrogens with zero attached hydrogens (tertiary/aromatic N) is 2. The van der Waals surface area contributed by atoms with E-state index in [4.69, 9.17) is 5.26 Å². The van der Waals surface area contributed by atoms with Gasteiger partial charge in [0.2, 0.25) is 0 Å². The van der Waals surface area contributed by atoms with Crippen LogP contribution in [0.2, 0.25) is 0 Å². The number of nitro groups is 1. The molecule has 0 amide bonds. The first-order valence-corrected chi connectivity index (χ1v) is 5.97. The zero-order valence-corrected chi connectivity index (χ0v) is 10.5. The molecule has 0 aliphatic heterocycles. The van der Waals surface area contributed by atoms with Crippen molar-refractivity contribution in [2.24, 2.45) is 0 Å². The Kier molecular flexibility index (Phi) is 4.49. The largest absolute Gasteiger partial charge is 0.302 e. The summed E-state index contributed by atoms with van der Waals surface area (Å²) in [7, 11) is 1.70. The van der Waals surface area contributed by atoms with E-state index in [2.05, 4.69) is 11.4 Å². The van der Waals surface area contributed by atoms with Crippen LogP contribution in [0.1, 0.15) is 6.92 Å². The lowest BCUT2D eigenvalue weighted by molar-refractivity contribution is -0.387. The van der Waals surface area contributed by atoms with Crippen LogP contribution in [0.5, 0.6) is 0 Å². The van der Waals surface area contributed by atoms with Crippen molar-refractivity contribution in [1.29, 1.82) is 5.26 Å². The van der Waals surface area contributed by atoms with Crippen LogP contribution >= 0.6 is 11.8 Å². The van der Waals surface area contributed by atoms with Crippen LogP contribution in [0.4, 0.5) is 5.69 Å². The second-order valence-corrected chi connectivity index (χ2v) is 4.72. The molecule has 0 aliphatic carbocycles. The molecule has 0 bridgehead atoms. The van der Waals surface area contributed by atoms with Crippen molar-refractivity contribution in [1.82, 2.24) is 5.32 Å². The molecule has 5 nitrogen and oxygen atoms in total. The van der Waals surface area contributed by atoms with E-state index in [1.165, 1.54) is 17.8 Å². The van der Waals surface area contributed by atoms with E-state index < -0.39 is 10.5 Å². The molecule has 1 unspecified atom stereocenters. The number of para-hydroxylation sites is 1. The van der Waals surface area contributed by atoms with Gasteiger partial charge in [-0.25, -0.2) is 0 Å². The minimum atomic E-state index is -0.686. The van der Waals surface area contributed by atoms with Crippen molar-refractivity contribution in [3.63, 3.8) is 0 Å². The third kappa shape index (κ3) is 3.44. The van der Waals surface area contributed by atoms with Gasteiger partial charge in [0.25, 0.3) is 5.69 Å². The molecule has 0 aliphatic rings. The van der Waals surface area contributed by atoms with E-state index in [1.54, 1.807) is 32.2 Å². The van der Waals surface area contributed by atoms with Crippen LogP contribution in [-0.2, 0) is 0 Å². The molecule has 0 saturated heterocycles. The van der Waals surface area contributed by atoms with Crippen LogP contribution in [-0.4, -0.2) is 23.3 Å². The van der Waals surface area contributed by atoms with Crippen molar-refractivity contribution in [2.75, 3.05) is 12.8 Å². The predicted octanol–water partition coefficient (Wildman–Crippen LogP) is 2.19. The third-order valence-electron chi connectivity index (χ3n) is 2.38. The average Bonchev–Trinajstić information content (AvgIpc) is 2.36. The van der Waals surface area contributed by atoms with Gasteiger partial charge >= 0.3 is 0 Å². The lowest BCUT2D eigenvalue weighted by Crippen LogP contribution is -2.40. The smallest absolute Gasteiger partial charge is 0.282 e. The van der Waals surface area contributed by atoms with Crippen LogP contribution in [0, 0.1) is 21.4 Å². The topological polar surface area (TPSA) is 79.0 Å². The van der Waals surface area contributed by atoms with Gasteiger partial charge in [-0.2, -0.15) is 5.26 Å². The van der Waals surface area contributed by atoms with E-state index in [9.17, 15) is 10.1 Å². The Labute approximate surface area is 104 Å². The van der Waals surface area contributed by atoms with E-state index >= 15 is 0 Å². The highest BCUT2D eigenvalue weighted by Crippen LogP contribution is 2.30. The maximum atomic E-state index is 10.8. The summed E-state index contributed by atoms with van der Waals surface area (Å²) in [4.78, 5) is 11.0. The fraction of sp³-hybridized carbons (Fsp3) is 0.364. The maximum Gasteiger partial charge on any atom is 0.282 e. The predicted molar refractivity (Wildman–Crippen MR) is 66.9 cm³/mol. The Morgan fingerprint density at radius 3 is 2.76 bits per heavy atom. The highest BCUT2D eigenvalue weighted by Gasteiger charge is 2.23. The molecule has 1 rings (SSSR count). The standard InChI is InChI=1S/C11H13N3O2S/c1-11(7-12,13-2)8-17-10-6-4-3-5-9(10)14(15)16/h3-6,13H,8H2,1-2H3.